The van der Waals surface area contributed by atoms with Crippen molar-refractivity contribution in [3.63, 3.8) is 0 Å². The zero-order valence-corrected chi connectivity index (χ0v) is 11.4. The number of aromatic nitrogens is 1. The van der Waals surface area contributed by atoms with Crippen LogP contribution in [0.5, 0.6) is 0 Å². The minimum Gasteiger partial charge on any atom is -0.381 e. The highest BCUT2D eigenvalue weighted by molar-refractivity contribution is 7.89. The molecule has 1 N–H and O–H groups in total. The second kappa shape index (κ2) is 5.25. The maximum atomic E-state index is 12.3. The van der Waals surface area contributed by atoms with Crippen molar-refractivity contribution in [2.45, 2.75) is 30.2 Å². The van der Waals surface area contributed by atoms with Crippen LogP contribution in [0.4, 0.5) is 0 Å². The second-order valence-electron chi connectivity index (χ2n) is 4.74. The largest absolute Gasteiger partial charge is 0.381 e. The van der Waals surface area contributed by atoms with Crippen LogP contribution in [0.1, 0.15) is 25.5 Å². The number of nitrogens with zero attached hydrogens (tertiary/aromatic N) is 2. The molecule has 2 rings (SSSR count). The van der Waals surface area contributed by atoms with Crippen LogP contribution in [0.2, 0.25) is 0 Å². The van der Waals surface area contributed by atoms with Crippen LogP contribution in [-0.2, 0) is 14.8 Å². The summed E-state index contributed by atoms with van der Waals surface area (Å²) < 4.78 is 32.6. The SMILES string of the molecule is CC1(NS(=O)(=O)c2cccnc2C#N)CCOCC1. The highest BCUT2D eigenvalue weighted by atomic mass is 32.2. The Balaban J connectivity index is 2.30. The molecule has 0 aromatic carbocycles. The minimum atomic E-state index is -3.75. The average Bonchev–Trinajstić information content (AvgIpc) is 2.38. The summed E-state index contributed by atoms with van der Waals surface area (Å²) in [6.07, 6.45) is 2.61. The van der Waals surface area contributed by atoms with E-state index in [2.05, 4.69) is 9.71 Å². The molecule has 7 heteroatoms. The molecule has 102 valence electrons. The number of pyridine rings is 1. The van der Waals surface area contributed by atoms with Gasteiger partial charge in [0, 0.05) is 24.9 Å². The topological polar surface area (TPSA) is 92.1 Å². The average molecular weight is 281 g/mol. The molecule has 0 aliphatic carbocycles. The van der Waals surface area contributed by atoms with Crippen LogP contribution in [0.15, 0.2) is 23.2 Å². The van der Waals surface area contributed by atoms with Gasteiger partial charge in [0.25, 0.3) is 0 Å². The number of hydrogen-bond donors (Lipinski definition) is 1. The third kappa shape index (κ3) is 3.10. The van der Waals surface area contributed by atoms with Gasteiger partial charge in [-0.1, -0.05) is 0 Å². The first-order chi connectivity index (χ1) is 8.97. The van der Waals surface area contributed by atoms with Gasteiger partial charge in [-0.2, -0.15) is 5.26 Å². The van der Waals surface area contributed by atoms with Crippen molar-refractivity contribution in [1.29, 1.82) is 5.26 Å². The van der Waals surface area contributed by atoms with Crippen LogP contribution in [0, 0.1) is 11.3 Å². The molecule has 0 amide bonds. The van der Waals surface area contributed by atoms with Gasteiger partial charge >= 0.3 is 0 Å². The van der Waals surface area contributed by atoms with Gasteiger partial charge in [0.05, 0.1) is 0 Å². The van der Waals surface area contributed by atoms with E-state index < -0.39 is 15.6 Å². The van der Waals surface area contributed by atoms with Crippen molar-refractivity contribution in [3.05, 3.63) is 24.0 Å². The van der Waals surface area contributed by atoms with Crippen LogP contribution < -0.4 is 4.72 Å². The van der Waals surface area contributed by atoms with Gasteiger partial charge in [-0.15, -0.1) is 0 Å². The van der Waals surface area contributed by atoms with E-state index in [1.807, 2.05) is 6.92 Å². The predicted molar refractivity (Wildman–Crippen MR) is 67.7 cm³/mol. The Morgan fingerprint density at radius 1 is 1.47 bits per heavy atom. The number of hydrogen-bond acceptors (Lipinski definition) is 5. The van der Waals surface area contributed by atoms with Crippen molar-refractivity contribution in [2.24, 2.45) is 0 Å². The molecular formula is C12H15N3O3S. The van der Waals surface area contributed by atoms with Gasteiger partial charge in [-0.05, 0) is 31.9 Å². The van der Waals surface area contributed by atoms with E-state index in [1.165, 1.54) is 18.3 Å². The Kier molecular flexibility index (Phi) is 3.85. The van der Waals surface area contributed by atoms with E-state index in [-0.39, 0.29) is 10.6 Å². The first kappa shape index (κ1) is 13.9. The lowest BCUT2D eigenvalue weighted by Gasteiger charge is -2.33. The lowest BCUT2D eigenvalue weighted by molar-refractivity contribution is 0.0537. The summed E-state index contributed by atoms with van der Waals surface area (Å²) in [6.45, 7) is 2.89. The van der Waals surface area contributed by atoms with Gasteiger partial charge in [0.1, 0.15) is 11.0 Å². The molecule has 19 heavy (non-hydrogen) atoms. The van der Waals surface area contributed by atoms with Crippen molar-refractivity contribution in [3.8, 4) is 6.07 Å². The molecule has 1 saturated heterocycles. The first-order valence-electron chi connectivity index (χ1n) is 5.94. The van der Waals surface area contributed by atoms with Gasteiger partial charge in [0.2, 0.25) is 10.0 Å². The summed E-state index contributed by atoms with van der Waals surface area (Å²) >= 11 is 0. The molecule has 0 spiro atoms. The summed E-state index contributed by atoms with van der Waals surface area (Å²) in [4.78, 5) is 3.70. The van der Waals surface area contributed by atoms with Gasteiger partial charge in [0.15, 0.2) is 5.69 Å². The smallest absolute Gasteiger partial charge is 0.243 e. The molecule has 1 aliphatic rings. The molecule has 0 unspecified atom stereocenters. The molecule has 1 aromatic heterocycles. The molecule has 6 nitrogen and oxygen atoms in total. The molecule has 1 aliphatic heterocycles. The fraction of sp³-hybridized carbons (Fsp3) is 0.500. The summed E-state index contributed by atoms with van der Waals surface area (Å²) in [5.74, 6) is 0. The molecule has 0 bridgehead atoms. The Morgan fingerprint density at radius 3 is 2.79 bits per heavy atom. The normalized spacial score (nSPS) is 18.7. The van der Waals surface area contributed by atoms with Crippen molar-refractivity contribution in [2.75, 3.05) is 13.2 Å². The maximum absolute atomic E-state index is 12.3. The summed E-state index contributed by atoms with van der Waals surface area (Å²) in [5, 5.41) is 8.93. The van der Waals surface area contributed by atoms with E-state index in [4.69, 9.17) is 10.00 Å². The summed E-state index contributed by atoms with van der Waals surface area (Å²) in [6, 6.07) is 4.68. The molecular weight excluding hydrogens is 266 g/mol. The highest BCUT2D eigenvalue weighted by Gasteiger charge is 2.33. The zero-order valence-electron chi connectivity index (χ0n) is 10.6. The zero-order chi connectivity index (χ0) is 13.9. The maximum Gasteiger partial charge on any atom is 0.243 e. The summed E-state index contributed by atoms with van der Waals surface area (Å²) in [7, 11) is -3.75. The Morgan fingerprint density at radius 2 is 2.16 bits per heavy atom. The van der Waals surface area contributed by atoms with E-state index in [0.29, 0.717) is 26.1 Å². The van der Waals surface area contributed by atoms with Gasteiger partial charge in [-0.25, -0.2) is 18.1 Å². The van der Waals surface area contributed by atoms with Crippen molar-refractivity contribution >= 4 is 10.0 Å². The van der Waals surface area contributed by atoms with Crippen molar-refractivity contribution < 1.29 is 13.2 Å². The number of rotatable bonds is 3. The molecule has 0 saturated carbocycles. The fourth-order valence-corrected chi connectivity index (χ4v) is 3.57. The van der Waals surface area contributed by atoms with E-state index in [1.54, 1.807) is 6.07 Å². The molecule has 2 heterocycles. The van der Waals surface area contributed by atoms with Gasteiger partial charge < -0.3 is 4.74 Å². The quantitative estimate of drug-likeness (QED) is 0.884. The fourth-order valence-electron chi connectivity index (χ4n) is 1.99. The monoisotopic (exact) mass is 281 g/mol. The third-order valence-corrected chi connectivity index (χ3v) is 4.81. The number of ether oxygens (including phenoxy) is 1. The van der Waals surface area contributed by atoms with E-state index in [9.17, 15) is 8.42 Å². The van der Waals surface area contributed by atoms with Crippen molar-refractivity contribution in [1.82, 2.24) is 9.71 Å². The number of nitriles is 1. The van der Waals surface area contributed by atoms with Crippen LogP contribution >= 0.6 is 0 Å². The number of nitrogens with one attached hydrogen (secondary N) is 1. The lowest BCUT2D eigenvalue weighted by atomic mass is 9.94. The van der Waals surface area contributed by atoms with E-state index in [0.717, 1.165) is 0 Å². The second-order valence-corrected chi connectivity index (χ2v) is 6.39. The third-order valence-electron chi connectivity index (χ3n) is 3.14. The molecule has 1 aromatic rings. The Hall–Kier alpha value is -1.49. The van der Waals surface area contributed by atoms with E-state index >= 15 is 0 Å². The van der Waals surface area contributed by atoms with Crippen LogP contribution in [0.3, 0.4) is 0 Å². The summed E-state index contributed by atoms with van der Waals surface area (Å²) in [5.41, 5.74) is -0.634. The first-order valence-corrected chi connectivity index (χ1v) is 7.42. The highest BCUT2D eigenvalue weighted by Crippen LogP contribution is 2.23. The Labute approximate surface area is 112 Å². The van der Waals surface area contributed by atoms with Gasteiger partial charge in [-0.3, -0.25) is 0 Å². The molecule has 0 radical (unpaired) electrons. The number of sulfonamides is 1. The Bertz CT molecular complexity index is 601. The standard InChI is InChI=1S/C12H15N3O3S/c1-12(4-7-18-8-5-12)15-19(16,17)11-3-2-6-14-10(11)9-13/h2-3,6,15H,4-5,7-8H2,1H3. The van der Waals surface area contributed by atoms with Crippen LogP contribution in [0.25, 0.3) is 0 Å². The van der Waals surface area contributed by atoms with Crippen LogP contribution in [-0.4, -0.2) is 32.2 Å². The lowest BCUT2D eigenvalue weighted by Crippen LogP contribution is -2.49. The minimum absolute atomic E-state index is 0.0785. The molecule has 1 fully saturated rings. The predicted octanol–water partition coefficient (Wildman–Crippen LogP) is 0.801. The molecule has 0 atom stereocenters.